The SMILES string of the molecule is CCN1CCN(c2nc(-c3sc(NC(C)=O)nc3C)cc3c2C(=O)N([C@@H](C)C2CC2)C3)CC1. The number of aromatic nitrogens is 2. The summed E-state index contributed by atoms with van der Waals surface area (Å²) >= 11 is 1.44. The molecule has 176 valence electrons. The normalized spacial score (nSPS) is 19.7. The highest BCUT2D eigenvalue weighted by atomic mass is 32.1. The maximum absolute atomic E-state index is 13.6. The number of thiazole rings is 1. The fraction of sp³-hybridized carbons (Fsp3) is 0.583. The minimum Gasteiger partial charge on any atom is -0.353 e. The second-order valence-corrected chi connectivity index (χ2v) is 10.4. The second kappa shape index (κ2) is 8.68. The van der Waals surface area contributed by atoms with Gasteiger partial charge in [-0.05, 0) is 50.8 Å². The molecule has 1 saturated heterocycles. The number of piperazine rings is 1. The number of pyridine rings is 1. The second-order valence-electron chi connectivity index (χ2n) is 9.41. The summed E-state index contributed by atoms with van der Waals surface area (Å²) in [5.41, 5.74) is 3.51. The lowest BCUT2D eigenvalue weighted by molar-refractivity contribution is -0.114. The van der Waals surface area contributed by atoms with Gasteiger partial charge in [0.05, 0.1) is 21.8 Å². The lowest BCUT2D eigenvalue weighted by Gasteiger charge is -2.35. The average Bonchev–Trinajstić information content (AvgIpc) is 3.51. The highest BCUT2D eigenvalue weighted by Crippen LogP contribution is 2.42. The lowest BCUT2D eigenvalue weighted by Crippen LogP contribution is -2.47. The quantitative estimate of drug-likeness (QED) is 0.700. The van der Waals surface area contributed by atoms with Crippen LogP contribution in [0.4, 0.5) is 10.9 Å². The zero-order chi connectivity index (χ0) is 23.3. The van der Waals surface area contributed by atoms with E-state index in [0.717, 1.165) is 65.9 Å². The van der Waals surface area contributed by atoms with Crippen LogP contribution in [0.3, 0.4) is 0 Å². The molecule has 2 fully saturated rings. The maximum Gasteiger partial charge on any atom is 0.258 e. The highest BCUT2D eigenvalue weighted by molar-refractivity contribution is 7.19. The Morgan fingerprint density at radius 2 is 1.97 bits per heavy atom. The van der Waals surface area contributed by atoms with Crippen molar-refractivity contribution in [3.05, 3.63) is 22.9 Å². The first kappa shape index (κ1) is 22.3. The van der Waals surface area contributed by atoms with E-state index in [1.165, 1.54) is 31.1 Å². The number of carbonyl (C=O) groups is 2. The molecule has 9 heteroatoms. The van der Waals surface area contributed by atoms with Crippen molar-refractivity contribution in [1.29, 1.82) is 0 Å². The number of fused-ring (bicyclic) bond motifs is 1. The van der Waals surface area contributed by atoms with Crippen LogP contribution in [0.1, 0.15) is 55.2 Å². The summed E-state index contributed by atoms with van der Waals surface area (Å²) in [6.45, 7) is 13.1. The van der Waals surface area contributed by atoms with Gasteiger partial charge in [-0.15, -0.1) is 0 Å². The zero-order valence-electron chi connectivity index (χ0n) is 19.8. The van der Waals surface area contributed by atoms with Gasteiger partial charge in [-0.1, -0.05) is 18.3 Å². The number of nitrogens with one attached hydrogen (secondary N) is 1. The highest BCUT2D eigenvalue weighted by Gasteiger charge is 2.41. The van der Waals surface area contributed by atoms with Gasteiger partial charge in [-0.25, -0.2) is 9.97 Å². The van der Waals surface area contributed by atoms with Gasteiger partial charge in [0.2, 0.25) is 5.91 Å². The summed E-state index contributed by atoms with van der Waals surface area (Å²) in [5, 5.41) is 3.37. The van der Waals surface area contributed by atoms with Crippen molar-refractivity contribution >= 4 is 34.1 Å². The molecule has 1 N–H and O–H groups in total. The standard InChI is InChI=1S/C24H32N6O2S/c1-5-28-8-10-29(11-9-28)22-20-18(13-30(23(20)32)15(3)17-6-7-17)12-19(27-22)21-14(2)25-24(33-21)26-16(4)31/h12,15,17H,5-11,13H2,1-4H3,(H,25,26,31)/t15-/m0/s1. The molecule has 0 bridgehead atoms. The van der Waals surface area contributed by atoms with Crippen molar-refractivity contribution < 1.29 is 9.59 Å². The molecule has 4 heterocycles. The molecule has 0 radical (unpaired) electrons. The molecule has 2 aliphatic heterocycles. The van der Waals surface area contributed by atoms with Crippen LogP contribution in [0.5, 0.6) is 0 Å². The summed E-state index contributed by atoms with van der Waals surface area (Å²) in [5.74, 6) is 1.41. The Morgan fingerprint density at radius 1 is 1.24 bits per heavy atom. The number of carbonyl (C=O) groups excluding carboxylic acids is 2. The summed E-state index contributed by atoms with van der Waals surface area (Å²) in [7, 11) is 0. The molecule has 5 rings (SSSR count). The van der Waals surface area contributed by atoms with Crippen LogP contribution in [0.25, 0.3) is 10.6 Å². The van der Waals surface area contributed by atoms with Gasteiger partial charge >= 0.3 is 0 Å². The van der Waals surface area contributed by atoms with Crippen LogP contribution >= 0.6 is 11.3 Å². The van der Waals surface area contributed by atoms with Crippen LogP contribution in [-0.4, -0.2) is 70.3 Å². The zero-order valence-corrected chi connectivity index (χ0v) is 20.7. The predicted octanol–water partition coefficient (Wildman–Crippen LogP) is 3.37. The molecule has 2 amide bonds. The Kier molecular flexibility index (Phi) is 5.86. The topological polar surface area (TPSA) is 81.7 Å². The third kappa shape index (κ3) is 4.24. The van der Waals surface area contributed by atoms with Gasteiger partial charge in [0.25, 0.3) is 5.91 Å². The number of hydrogen-bond donors (Lipinski definition) is 1. The lowest BCUT2D eigenvalue weighted by atomic mass is 10.1. The number of anilines is 2. The Balaban J connectivity index is 1.55. The van der Waals surface area contributed by atoms with Crippen molar-refractivity contribution in [2.75, 3.05) is 42.9 Å². The number of rotatable bonds is 6. The Hall–Kier alpha value is -2.52. The van der Waals surface area contributed by atoms with E-state index >= 15 is 0 Å². The van der Waals surface area contributed by atoms with E-state index in [1.807, 2.05) is 11.8 Å². The molecule has 3 aliphatic rings. The monoisotopic (exact) mass is 468 g/mol. The smallest absolute Gasteiger partial charge is 0.258 e. The van der Waals surface area contributed by atoms with E-state index < -0.39 is 0 Å². The van der Waals surface area contributed by atoms with Crippen LogP contribution in [-0.2, 0) is 11.3 Å². The molecule has 0 unspecified atom stereocenters. The van der Waals surface area contributed by atoms with Gasteiger partial charge in [0.1, 0.15) is 5.82 Å². The number of hydrogen-bond acceptors (Lipinski definition) is 7. The Bertz CT molecular complexity index is 1090. The molecule has 1 aliphatic carbocycles. The van der Waals surface area contributed by atoms with Crippen LogP contribution in [0, 0.1) is 12.8 Å². The summed E-state index contributed by atoms with van der Waals surface area (Å²) < 4.78 is 0. The molecular formula is C24H32N6O2S. The van der Waals surface area contributed by atoms with E-state index in [-0.39, 0.29) is 17.9 Å². The molecule has 2 aromatic rings. The van der Waals surface area contributed by atoms with Crippen molar-refractivity contribution in [3.63, 3.8) is 0 Å². The third-order valence-corrected chi connectivity index (χ3v) is 8.22. The predicted molar refractivity (Wildman–Crippen MR) is 131 cm³/mol. The minimum absolute atomic E-state index is 0.122. The average molecular weight is 469 g/mol. The first-order valence-electron chi connectivity index (χ1n) is 11.9. The molecule has 1 saturated carbocycles. The minimum atomic E-state index is -0.137. The number of amides is 2. The van der Waals surface area contributed by atoms with E-state index in [0.29, 0.717) is 17.6 Å². The van der Waals surface area contributed by atoms with E-state index in [1.54, 1.807) is 0 Å². The third-order valence-electron chi connectivity index (χ3n) is 7.12. The van der Waals surface area contributed by atoms with Crippen molar-refractivity contribution in [1.82, 2.24) is 19.8 Å². The van der Waals surface area contributed by atoms with Gasteiger partial charge < -0.3 is 20.0 Å². The number of likely N-dealkylation sites (N-methyl/N-ethyl adjacent to an activating group) is 1. The van der Waals surface area contributed by atoms with Crippen molar-refractivity contribution in [2.45, 2.75) is 53.1 Å². The first-order chi connectivity index (χ1) is 15.9. The maximum atomic E-state index is 13.6. The summed E-state index contributed by atoms with van der Waals surface area (Å²) in [6, 6.07) is 2.33. The molecular weight excluding hydrogens is 436 g/mol. The van der Waals surface area contributed by atoms with Crippen LogP contribution in [0.2, 0.25) is 0 Å². The van der Waals surface area contributed by atoms with Crippen LogP contribution in [0.15, 0.2) is 6.07 Å². The van der Waals surface area contributed by atoms with Gasteiger partial charge in [-0.3, -0.25) is 9.59 Å². The summed E-state index contributed by atoms with van der Waals surface area (Å²) in [4.78, 5) is 42.4. The number of aryl methyl sites for hydroxylation is 1. The largest absolute Gasteiger partial charge is 0.353 e. The van der Waals surface area contributed by atoms with E-state index in [4.69, 9.17) is 4.98 Å². The molecule has 1 atom stereocenters. The number of nitrogens with zero attached hydrogens (tertiary/aromatic N) is 5. The van der Waals surface area contributed by atoms with Crippen molar-refractivity contribution in [2.24, 2.45) is 5.92 Å². The van der Waals surface area contributed by atoms with Crippen LogP contribution < -0.4 is 10.2 Å². The van der Waals surface area contributed by atoms with E-state index in [9.17, 15) is 9.59 Å². The summed E-state index contributed by atoms with van der Waals surface area (Å²) in [6.07, 6.45) is 2.42. The molecule has 0 spiro atoms. The van der Waals surface area contributed by atoms with Gasteiger partial charge in [-0.2, -0.15) is 0 Å². The van der Waals surface area contributed by atoms with E-state index in [2.05, 4.69) is 40.0 Å². The Labute approximate surface area is 199 Å². The van der Waals surface area contributed by atoms with Gasteiger partial charge in [0, 0.05) is 45.7 Å². The first-order valence-corrected chi connectivity index (χ1v) is 12.7. The fourth-order valence-electron chi connectivity index (χ4n) is 4.96. The fourth-order valence-corrected chi connectivity index (χ4v) is 5.93. The molecule has 0 aromatic carbocycles. The van der Waals surface area contributed by atoms with Crippen molar-refractivity contribution in [3.8, 4) is 10.6 Å². The molecule has 2 aromatic heterocycles. The van der Waals surface area contributed by atoms with Gasteiger partial charge in [0.15, 0.2) is 5.13 Å². The molecule has 33 heavy (non-hydrogen) atoms. The molecule has 8 nitrogen and oxygen atoms in total. The Morgan fingerprint density at radius 3 is 2.61 bits per heavy atom.